The summed E-state index contributed by atoms with van der Waals surface area (Å²) in [6.45, 7) is 3.98. The molecular weight excluding hydrogens is 251 g/mol. The molecule has 0 spiro atoms. The van der Waals surface area contributed by atoms with Crippen LogP contribution in [0.15, 0.2) is 42.5 Å². The normalized spacial score (nSPS) is 11.7. The third-order valence-electron chi connectivity index (χ3n) is 3.39. The van der Waals surface area contributed by atoms with Crippen molar-refractivity contribution in [3.63, 3.8) is 0 Å². The summed E-state index contributed by atoms with van der Waals surface area (Å²) in [5, 5.41) is 12.6. The molecule has 0 saturated carbocycles. The second-order valence-electron chi connectivity index (χ2n) is 4.77. The second-order valence-corrected chi connectivity index (χ2v) is 4.77. The monoisotopic (exact) mass is 268 g/mol. The summed E-state index contributed by atoms with van der Waals surface area (Å²) in [6, 6.07) is 14.5. The molecule has 0 fully saturated rings. The highest BCUT2D eigenvalue weighted by molar-refractivity contribution is 5.61. The number of hydrogen-bond acceptors (Lipinski definition) is 2. The molecule has 0 saturated heterocycles. The van der Waals surface area contributed by atoms with Crippen molar-refractivity contribution >= 4 is 5.69 Å². The molecule has 3 heteroatoms. The molecule has 1 atom stereocenters. The number of nitriles is 1. The van der Waals surface area contributed by atoms with Crippen LogP contribution in [0.4, 0.5) is 10.1 Å². The number of nitrogens with one attached hydrogen (secondary N) is 1. The SMILES string of the molecule is CCC(Nc1cccc(C)c1C#N)c1ccc(F)cc1. The molecule has 0 aliphatic rings. The van der Waals surface area contributed by atoms with Crippen molar-refractivity contribution in [1.82, 2.24) is 0 Å². The Morgan fingerprint density at radius 3 is 2.50 bits per heavy atom. The minimum Gasteiger partial charge on any atom is -0.377 e. The molecule has 0 heterocycles. The molecule has 0 aliphatic carbocycles. The first-order valence-corrected chi connectivity index (χ1v) is 6.67. The van der Waals surface area contributed by atoms with E-state index in [1.807, 2.05) is 25.1 Å². The topological polar surface area (TPSA) is 35.8 Å². The number of halogens is 1. The van der Waals surface area contributed by atoms with E-state index in [1.165, 1.54) is 12.1 Å². The Morgan fingerprint density at radius 1 is 1.20 bits per heavy atom. The highest BCUT2D eigenvalue weighted by Gasteiger charge is 2.12. The van der Waals surface area contributed by atoms with Gasteiger partial charge in [-0.05, 0) is 42.7 Å². The zero-order chi connectivity index (χ0) is 14.5. The Bertz CT molecular complexity index is 626. The molecule has 0 amide bonds. The summed E-state index contributed by atoms with van der Waals surface area (Å²) in [5.41, 5.74) is 3.45. The zero-order valence-electron chi connectivity index (χ0n) is 11.7. The van der Waals surface area contributed by atoms with Crippen molar-refractivity contribution in [2.75, 3.05) is 5.32 Å². The Balaban J connectivity index is 2.30. The van der Waals surface area contributed by atoms with Crippen molar-refractivity contribution < 1.29 is 4.39 Å². The average Bonchev–Trinajstić information content (AvgIpc) is 2.46. The Labute approximate surface area is 118 Å². The first kappa shape index (κ1) is 14.1. The van der Waals surface area contributed by atoms with Crippen molar-refractivity contribution in [3.05, 3.63) is 65.0 Å². The largest absolute Gasteiger partial charge is 0.377 e. The van der Waals surface area contributed by atoms with E-state index in [-0.39, 0.29) is 11.9 Å². The molecule has 1 N–H and O–H groups in total. The number of rotatable bonds is 4. The van der Waals surface area contributed by atoms with Crippen LogP contribution in [0, 0.1) is 24.1 Å². The fourth-order valence-corrected chi connectivity index (χ4v) is 2.24. The first-order chi connectivity index (χ1) is 9.65. The first-order valence-electron chi connectivity index (χ1n) is 6.67. The summed E-state index contributed by atoms with van der Waals surface area (Å²) < 4.78 is 13.0. The predicted octanol–water partition coefficient (Wildman–Crippen LogP) is 4.57. The highest BCUT2D eigenvalue weighted by atomic mass is 19.1. The van der Waals surface area contributed by atoms with Crippen molar-refractivity contribution in [3.8, 4) is 6.07 Å². The van der Waals surface area contributed by atoms with Crippen molar-refractivity contribution in [2.45, 2.75) is 26.3 Å². The lowest BCUT2D eigenvalue weighted by Crippen LogP contribution is -2.11. The van der Waals surface area contributed by atoms with Crippen LogP contribution in [0.2, 0.25) is 0 Å². The van der Waals surface area contributed by atoms with Crippen LogP contribution in [-0.2, 0) is 0 Å². The summed E-state index contributed by atoms with van der Waals surface area (Å²) in [6.07, 6.45) is 0.852. The van der Waals surface area contributed by atoms with Crippen molar-refractivity contribution in [2.24, 2.45) is 0 Å². The maximum Gasteiger partial charge on any atom is 0.123 e. The van der Waals surface area contributed by atoms with Crippen LogP contribution in [0.3, 0.4) is 0 Å². The third-order valence-corrected chi connectivity index (χ3v) is 3.39. The van der Waals surface area contributed by atoms with Gasteiger partial charge in [-0.25, -0.2) is 4.39 Å². The molecule has 0 aromatic heterocycles. The Morgan fingerprint density at radius 2 is 1.90 bits per heavy atom. The van der Waals surface area contributed by atoms with E-state index in [0.717, 1.165) is 23.2 Å². The summed E-state index contributed by atoms with van der Waals surface area (Å²) >= 11 is 0. The van der Waals surface area contributed by atoms with Crippen molar-refractivity contribution in [1.29, 1.82) is 5.26 Å². The van der Waals surface area contributed by atoms with Crippen LogP contribution in [0.25, 0.3) is 0 Å². The molecule has 2 aromatic rings. The fourth-order valence-electron chi connectivity index (χ4n) is 2.24. The van der Waals surface area contributed by atoms with Gasteiger partial charge in [0.2, 0.25) is 0 Å². The lowest BCUT2D eigenvalue weighted by atomic mass is 10.0. The zero-order valence-corrected chi connectivity index (χ0v) is 11.7. The maximum atomic E-state index is 13.0. The minimum atomic E-state index is -0.239. The molecule has 2 nitrogen and oxygen atoms in total. The molecule has 0 bridgehead atoms. The molecule has 2 rings (SSSR count). The van der Waals surface area contributed by atoms with Gasteiger partial charge in [0.05, 0.1) is 17.3 Å². The van der Waals surface area contributed by atoms with Gasteiger partial charge in [-0.1, -0.05) is 31.2 Å². The van der Waals surface area contributed by atoms with Gasteiger partial charge in [-0.2, -0.15) is 5.26 Å². The number of nitrogens with zero attached hydrogens (tertiary/aromatic N) is 1. The van der Waals surface area contributed by atoms with Gasteiger partial charge in [0, 0.05) is 0 Å². The van der Waals surface area contributed by atoms with Gasteiger partial charge in [-0.3, -0.25) is 0 Å². The van der Waals surface area contributed by atoms with E-state index in [9.17, 15) is 9.65 Å². The van der Waals surface area contributed by atoms with Gasteiger partial charge in [-0.15, -0.1) is 0 Å². The molecule has 0 aliphatic heterocycles. The Kier molecular flexibility index (Phi) is 4.37. The summed E-state index contributed by atoms with van der Waals surface area (Å²) in [4.78, 5) is 0. The van der Waals surface area contributed by atoms with E-state index in [2.05, 4.69) is 18.3 Å². The molecule has 20 heavy (non-hydrogen) atoms. The quantitative estimate of drug-likeness (QED) is 0.881. The van der Waals surface area contributed by atoms with E-state index >= 15 is 0 Å². The second kappa shape index (κ2) is 6.21. The van der Waals surface area contributed by atoms with Crippen LogP contribution >= 0.6 is 0 Å². The molecule has 0 radical (unpaired) electrons. The number of hydrogen-bond donors (Lipinski definition) is 1. The lowest BCUT2D eigenvalue weighted by molar-refractivity contribution is 0.625. The third kappa shape index (κ3) is 2.97. The van der Waals surface area contributed by atoms with E-state index in [0.29, 0.717) is 5.56 Å². The van der Waals surface area contributed by atoms with E-state index in [1.54, 1.807) is 12.1 Å². The van der Waals surface area contributed by atoms with Gasteiger partial charge in [0.25, 0.3) is 0 Å². The van der Waals surface area contributed by atoms with E-state index in [4.69, 9.17) is 0 Å². The fraction of sp³-hybridized carbons (Fsp3) is 0.235. The Hall–Kier alpha value is -2.34. The highest BCUT2D eigenvalue weighted by Crippen LogP contribution is 2.26. The maximum absolute atomic E-state index is 13.0. The van der Waals surface area contributed by atoms with Crippen LogP contribution < -0.4 is 5.32 Å². The smallest absolute Gasteiger partial charge is 0.123 e. The minimum absolute atomic E-state index is 0.0597. The predicted molar refractivity (Wildman–Crippen MR) is 78.9 cm³/mol. The van der Waals surface area contributed by atoms with Crippen LogP contribution in [-0.4, -0.2) is 0 Å². The standard InChI is InChI=1S/C17H17FN2/c1-3-16(13-7-9-14(18)10-8-13)20-17-6-4-5-12(2)15(17)11-19/h4-10,16,20H,3H2,1-2H3. The van der Waals surface area contributed by atoms with Gasteiger partial charge in [0.15, 0.2) is 0 Å². The number of benzene rings is 2. The van der Waals surface area contributed by atoms with Crippen LogP contribution in [0.5, 0.6) is 0 Å². The molecule has 102 valence electrons. The van der Waals surface area contributed by atoms with Gasteiger partial charge in [0.1, 0.15) is 11.9 Å². The van der Waals surface area contributed by atoms with Gasteiger partial charge < -0.3 is 5.32 Å². The lowest BCUT2D eigenvalue weighted by Gasteiger charge is -2.20. The molecule has 1 unspecified atom stereocenters. The average molecular weight is 268 g/mol. The summed E-state index contributed by atoms with van der Waals surface area (Å²) in [7, 11) is 0. The summed E-state index contributed by atoms with van der Waals surface area (Å²) in [5.74, 6) is -0.239. The number of aryl methyl sites for hydroxylation is 1. The molecular formula is C17H17FN2. The number of anilines is 1. The van der Waals surface area contributed by atoms with Gasteiger partial charge >= 0.3 is 0 Å². The molecule has 2 aromatic carbocycles. The van der Waals surface area contributed by atoms with E-state index < -0.39 is 0 Å². The van der Waals surface area contributed by atoms with Crippen LogP contribution in [0.1, 0.15) is 36.1 Å².